The number of carboxylic acids is 1. The molecule has 1 rings (SSSR count). The number of carbonyl (C=O) groups is 2. The molecule has 1 atom stereocenters. The molecule has 7 heteroatoms. The van der Waals surface area contributed by atoms with Gasteiger partial charge in [0.05, 0.1) is 0 Å². The Morgan fingerprint density at radius 1 is 1.37 bits per heavy atom. The molecule has 0 spiro atoms. The summed E-state index contributed by atoms with van der Waals surface area (Å²) in [6.07, 6.45) is 0.404. The van der Waals surface area contributed by atoms with E-state index in [2.05, 4.69) is 16.6 Å². The van der Waals surface area contributed by atoms with E-state index in [4.69, 9.17) is 10.2 Å². The third kappa shape index (κ3) is 3.91. The SMILES string of the molecule is C=CCOC(=O)NC(C(=O)O)c1ccc(O)c(O)c1. The fourth-order valence-corrected chi connectivity index (χ4v) is 1.30. The lowest BCUT2D eigenvalue weighted by Crippen LogP contribution is -2.34. The Balaban J connectivity index is 2.88. The second kappa shape index (κ2) is 6.29. The number of phenolic OH excluding ortho intramolecular Hbond substituents is 2. The van der Waals surface area contributed by atoms with Gasteiger partial charge >= 0.3 is 12.1 Å². The van der Waals surface area contributed by atoms with Crippen LogP contribution in [0.25, 0.3) is 0 Å². The van der Waals surface area contributed by atoms with Crippen LogP contribution in [0.2, 0.25) is 0 Å². The van der Waals surface area contributed by atoms with E-state index in [0.29, 0.717) is 0 Å². The third-order valence-electron chi connectivity index (χ3n) is 2.17. The Labute approximate surface area is 108 Å². The lowest BCUT2D eigenvalue weighted by atomic mass is 10.1. The molecule has 7 nitrogen and oxygen atoms in total. The van der Waals surface area contributed by atoms with Crippen molar-refractivity contribution in [1.82, 2.24) is 5.32 Å². The number of alkyl carbamates (subject to hydrolysis) is 1. The molecular weight excluding hydrogens is 254 g/mol. The Morgan fingerprint density at radius 2 is 2.05 bits per heavy atom. The first-order valence-electron chi connectivity index (χ1n) is 5.24. The van der Waals surface area contributed by atoms with E-state index in [0.717, 1.165) is 12.1 Å². The molecule has 1 aromatic carbocycles. The molecule has 0 aromatic heterocycles. The van der Waals surface area contributed by atoms with Gasteiger partial charge in [-0.3, -0.25) is 0 Å². The maximum Gasteiger partial charge on any atom is 0.408 e. The molecule has 0 aliphatic rings. The largest absolute Gasteiger partial charge is 0.504 e. The number of aromatic hydroxyl groups is 2. The third-order valence-corrected chi connectivity index (χ3v) is 2.17. The fraction of sp³-hybridized carbons (Fsp3) is 0.167. The zero-order valence-electron chi connectivity index (χ0n) is 9.87. The van der Waals surface area contributed by atoms with Crippen LogP contribution in [0.15, 0.2) is 30.9 Å². The van der Waals surface area contributed by atoms with Crippen molar-refractivity contribution in [1.29, 1.82) is 0 Å². The van der Waals surface area contributed by atoms with Crippen molar-refractivity contribution < 1.29 is 29.6 Å². The van der Waals surface area contributed by atoms with E-state index in [1.165, 1.54) is 12.1 Å². The van der Waals surface area contributed by atoms with Crippen LogP contribution in [0.1, 0.15) is 11.6 Å². The molecule has 1 aromatic rings. The van der Waals surface area contributed by atoms with Gasteiger partial charge in [-0.1, -0.05) is 18.7 Å². The number of phenols is 2. The number of aliphatic carboxylic acids is 1. The number of amides is 1. The smallest absolute Gasteiger partial charge is 0.408 e. The van der Waals surface area contributed by atoms with Crippen LogP contribution in [0.3, 0.4) is 0 Å². The van der Waals surface area contributed by atoms with Gasteiger partial charge in [-0.05, 0) is 17.7 Å². The summed E-state index contributed by atoms with van der Waals surface area (Å²) in [5.41, 5.74) is 0.0957. The second-order valence-corrected chi connectivity index (χ2v) is 3.55. The molecule has 0 radical (unpaired) electrons. The number of hydrogen-bond acceptors (Lipinski definition) is 5. The second-order valence-electron chi connectivity index (χ2n) is 3.55. The summed E-state index contributed by atoms with van der Waals surface area (Å²) in [5.74, 6) is -2.20. The van der Waals surface area contributed by atoms with Gasteiger partial charge in [-0.2, -0.15) is 0 Å². The van der Waals surface area contributed by atoms with E-state index in [1.54, 1.807) is 0 Å². The first-order chi connectivity index (χ1) is 8.95. The van der Waals surface area contributed by atoms with Crippen molar-refractivity contribution >= 4 is 12.1 Å². The van der Waals surface area contributed by atoms with Crippen LogP contribution < -0.4 is 5.32 Å². The topological polar surface area (TPSA) is 116 Å². The fourth-order valence-electron chi connectivity index (χ4n) is 1.30. The van der Waals surface area contributed by atoms with Gasteiger partial charge < -0.3 is 25.4 Å². The predicted octanol–water partition coefficient (Wildman–Crippen LogP) is 1.14. The van der Waals surface area contributed by atoms with Crippen LogP contribution in [-0.2, 0) is 9.53 Å². The highest BCUT2D eigenvalue weighted by atomic mass is 16.5. The van der Waals surface area contributed by atoms with Gasteiger partial charge in [0.2, 0.25) is 0 Å². The van der Waals surface area contributed by atoms with Crippen molar-refractivity contribution in [2.75, 3.05) is 6.61 Å². The Hall–Kier alpha value is -2.70. The minimum absolute atomic E-state index is 0.0565. The normalized spacial score (nSPS) is 11.4. The number of nitrogens with one attached hydrogen (secondary N) is 1. The molecule has 19 heavy (non-hydrogen) atoms. The average molecular weight is 267 g/mol. The monoisotopic (exact) mass is 267 g/mol. The first-order valence-corrected chi connectivity index (χ1v) is 5.24. The molecule has 0 heterocycles. The molecule has 0 fully saturated rings. The summed E-state index contributed by atoms with van der Waals surface area (Å²) in [7, 11) is 0. The minimum atomic E-state index is -1.40. The quantitative estimate of drug-likeness (QED) is 0.469. The van der Waals surface area contributed by atoms with Crippen LogP contribution in [-0.4, -0.2) is 34.0 Å². The number of carboxylic acid groups (broad SMARTS) is 1. The van der Waals surface area contributed by atoms with Crippen molar-refractivity contribution in [2.24, 2.45) is 0 Å². The van der Waals surface area contributed by atoms with Gasteiger partial charge in [0.25, 0.3) is 0 Å². The maximum absolute atomic E-state index is 11.3. The van der Waals surface area contributed by atoms with E-state index >= 15 is 0 Å². The summed E-state index contributed by atoms with van der Waals surface area (Å²) in [6.45, 7) is 3.29. The van der Waals surface area contributed by atoms with Crippen LogP contribution in [0, 0.1) is 0 Å². The van der Waals surface area contributed by atoms with E-state index in [-0.39, 0.29) is 17.9 Å². The minimum Gasteiger partial charge on any atom is -0.504 e. The predicted molar refractivity (Wildman–Crippen MR) is 64.8 cm³/mol. The summed E-state index contributed by atoms with van der Waals surface area (Å²) >= 11 is 0. The number of carbonyl (C=O) groups excluding carboxylic acids is 1. The van der Waals surface area contributed by atoms with Crippen molar-refractivity contribution in [3.8, 4) is 11.5 Å². The summed E-state index contributed by atoms with van der Waals surface area (Å²) in [5, 5.41) is 29.6. The van der Waals surface area contributed by atoms with E-state index in [1.807, 2.05) is 0 Å². The number of benzene rings is 1. The summed E-state index contributed by atoms with van der Waals surface area (Å²) < 4.78 is 4.60. The summed E-state index contributed by atoms with van der Waals surface area (Å²) in [6, 6.07) is 2.03. The van der Waals surface area contributed by atoms with Crippen molar-refractivity contribution in [3.63, 3.8) is 0 Å². The first kappa shape index (κ1) is 14.4. The molecule has 4 N–H and O–H groups in total. The molecule has 1 unspecified atom stereocenters. The highest BCUT2D eigenvalue weighted by molar-refractivity contribution is 5.81. The molecule has 102 valence electrons. The zero-order valence-corrected chi connectivity index (χ0v) is 9.87. The van der Waals surface area contributed by atoms with E-state index in [9.17, 15) is 14.7 Å². The van der Waals surface area contributed by atoms with Crippen LogP contribution >= 0.6 is 0 Å². The number of hydrogen-bond donors (Lipinski definition) is 4. The molecular formula is C12H13NO6. The lowest BCUT2D eigenvalue weighted by molar-refractivity contribution is -0.139. The van der Waals surface area contributed by atoms with Gasteiger partial charge in [0, 0.05) is 0 Å². The van der Waals surface area contributed by atoms with Gasteiger partial charge in [0.1, 0.15) is 6.61 Å². The van der Waals surface area contributed by atoms with Crippen LogP contribution in [0.4, 0.5) is 4.79 Å². The van der Waals surface area contributed by atoms with Gasteiger partial charge in [0.15, 0.2) is 17.5 Å². The maximum atomic E-state index is 11.3. The molecule has 0 saturated heterocycles. The Kier molecular flexibility index (Phi) is 4.76. The van der Waals surface area contributed by atoms with Crippen LogP contribution in [0.5, 0.6) is 11.5 Å². The summed E-state index contributed by atoms with van der Waals surface area (Å²) in [4.78, 5) is 22.4. The molecule has 0 aliphatic carbocycles. The highest BCUT2D eigenvalue weighted by Gasteiger charge is 2.23. The number of ether oxygens (including phenoxy) is 1. The van der Waals surface area contributed by atoms with Crippen molar-refractivity contribution in [2.45, 2.75) is 6.04 Å². The molecule has 1 amide bonds. The lowest BCUT2D eigenvalue weighted by Gasteiger charge is -2.15. The molecule has 0 aliphatic heterocycles. The molecule has 0 saturated carbocycles. The Morgan fingerprint density at radius 3 is 2.58 bits per heavy atom. The van der Waals surface area contributed by atoms with Gasteiger partial charge in [-0.25, -0.2) is 9.59 Å². The van der Waals surface area contributed by atoms with E-state index < -0.39 is 23.9 Å². The standard InChI is InChI=1S/C12H13NO6/c1-2-5-19-12(18)13-10(11(16)17)7-3-4-8(14)9(15)6-7/h2-4,6,10,14-15H,1,5H2,(H,13,18)(H,16,17). The highest BCUT2D eigenvalue weighted by Crippen LogP contribution is 2.27. The Bertz CT molecular complexity index is 499. The van der Waals surface area contributed by atoms with Gasteiger partial charge in [-0.15, -0.1) is 0 Å². The number of rotatable bonds is 5. The molecule has 0 bridgehead atoms. The zero-order chi connectivity index (χ0) is 14.4. The van der Waals surface area contributed by atoms with Crippen molar-refractivity contribution in [3.05, 3.63) is 36.4 Å². The average Bonchev–Trinajstić information content (AvgIpc) is 2.36.